The van der Waals surface area contributed by atoms with E-state index in [0.717, 1.165) is 11.3 Å². The molecule has 1 N–H and O–H groups in total. The summed E-state index contributed by atoms with van der Waals surface area (Å²) in [7, 11) is 1.60. The van der Waals surface area contributed by atoms with Gasteiger partial charge in [0.1, 0.15) is 23.9 Å². The minimum Gasteiger partial charge on any atom is -0.507 e. The van der Waals surface area contributed by atoms with Gasteiger partial charge in [-0.2, -0.15) is 0 Å². The largest absolute Gasteiger partial charge is 0.507 e. The first kappa shape index (κ1) is 13.9. The van der Waals surface area contributed by atoms with Crippen LogP contribution in [0.25, 0.3) is 0 Å². The molecule has 0 fully saturated rings. The van der Waals surface area contributed by atoms with E-state index in [1.165, 1.54) is 13.0 Å². The van der Waals surface area contributed by atoms with Crippen LogP contribution in [0.2, 0.25) is 0 Å². The van der Waals surface area contributed by atoms with E-state index < -0.39 is 0 Å². The molecule has 0 aromatic heterocycles. The third-order valence-corrected chi connectivity index (χ3v) is 2.94. The SMILES string of the molecule is COc1ccccc1COc1ccc(C(C)=O)c(O)c1. The van der Waals surface area contributed by atoms with Gasteiger partial charge in [0.2, 0.25) is 0 Å². The summed E-state index contributed by atoms with van der Waals surface area (Å²) in [5, 5.41) is 9.73. The molecule has 0 aliphatic carbocycles. The summed E-state index contributed by atoms with van der Waals surface area (Å²) in [6.45, 7) is 1.73. The van der Waals surface area contributed by atoms with Crippen molar-refractivity contribution in [2.75, 3.05) is 7.11 Å². The molecule has 2 aromatic carbocycles. The maximum atomic E-state index is 11.2. The Bertz CT molecular complexity index is 620. The van der Waals surface area contributed by atoms with Gasteiger partial charge < -0.3 is 14.6 Å². The smallest absolute Gasteiger partial charge is 0.163 e. The highest BCUT2D eigenvalue weighted by atomic mass is 16.5. The van der Waals surface area contributed by atoms with Gasteiger partial charge in [-0.05, 0) is 25.1 Å². The van der Waals surface area contributed by atoms with Gasteiger partial charge in [0.15, 0.2) is 5.78 Å². The first-order valence-electron chi connectivity index (χ1n) is 6.20. The number of hydrogen-bond donors (Lipinski definition) is 1. The molecule has 20 heavy (non-hydrogen) atoms. The van der Waals surface area contributed by atoms with E-state index in [9.17, 15) is 9.90 Å². The molecule has 0 spiro atoms. The monoisotopic (exact) mass is 272 g/mol. The van der Waals surface area contributed by atoms with Gasteiger partial charge >= 0.3 is 0 Å². The van der Waals surface area contributed by atoms with Crippen molar-refractivity contribution in [3.63, 3.8) is 0 Å². The fourth-order valence-corrected chi connectivity index (χ4v) is 1.88. The maximum absolute atomic E-state index is 11.2. The molecule has 0 heterocycles. The van der Waals surface area contributed by atoms with E-state index in [4.69, 9.17) is 9.47 Å². The van der Waals surface area contributed by atoms with E-state index >= 15 is 0 Å². The van der Waals surface area contributed by atoms with E-state index in [-0.39, 0.29) is 17.1 Å². The Morgan fingerprint density at radius 2 is 1.95 bits per heavy atom. The molecule has 0 saturated heterocycles. The van der Waals surface area contributed by atoms with Gasteiger partial charge in [0.05, 0.1) is 12.7 Å². The highest BCUT2D eigenvalue weighted by Crippen LogP contribution is 2.26. The molecule has 2 rings (SSSR count). The summed E-state index contributed by atoms with van der Waals surface area (Å²) < 4.78 is 10.8. The molecule has 104 valence electrons. The molecule has 0 aliphatic heterocycles. The van der Waals surface area contributed by atoms with Crippen LogP contribution in [0.15, 0.2) is 42.5 Å². The Morgan fingerprint density at radius 3 is 2.60 bits per heavy atom. The number of para-hydroxylation sites is 1. The van der Waals surface area contributed by atoms with Gasteiger partial charge in [0.25, 0.3) is 0 Å². The molecule has 0 atom stereocenters. The Morgan fingerprint density at radius 1 is 1.20 bits per heavy atom. The second-order valence-corrected chi connectivity index (χ2v) is 4.34. The minimum absolute atomic E-state index is 0.0740. The number of ketones is 1. The summed E-state index contributed by atoms with van der Waals surface area (Å²) in [4.78, 5) is 11.2. The van der Waals surface area contributed by atoms with Crippen molar-refractivity contribution < 1.29 is 19.4 Å². The van der Waals surface area contributed by atoms with Crippen LogP contribution in [-0.4, -0.2) is 18.0 Å². The second-order valence-electron chi connectivity index (χ2n) is 4.34. The number of carbonyl (C=O) groups excluding carboxylic acids is 1. The first-order valence-corrected chi connectivity index (χ1v) is 6.20. The average molecular weight is 272 g/mol. The first-order chi connectivity index (χ1) is 9.61. The molecule has 0 amide bonds. The number of rotatable bonds is 5. The fourth-order valence-electron chi connectivity index (χ4n) is 1.88. The van der Waals surface area contributed by atoms with Crippen LogP contribution in [-0.2, 0) is 6.61 Å². The topological polar surface area (TPSA) is 55.8 Å². The zero-order valence-electron chi connectivity index (χ0n) is 11.4. The van der Waals surface area contributed by atoms with Crippen molar-refractivity contribution in [1.82, 2.24) is 0 Å². The fraction of sp³-hybridized carbons (Fsp3) is 0.188. The highest BCUT2D eigenvalue weighted by Gasteiger charge is 2.08. The standard InChI is InChI=1S/C16H16O4/c1-11(17)14-8-7-13(9-15(14)18)20-10-12-5-3-4-6-16(12)19-2/h3-9,18H,10H2,1-2H3. The molecule has 2 aromatic rings. The molecular formula is C16H16O4. The zero-order valence-corrected chi connectivity index (χ0v) is 11.4. The van der Waals surface area contributed by atoms with Gasteiger partial charge in [0, 0.05) is 11.6 Å². The highest BCUT2D eigenvalue weighted by molar-refractivity contribution is 5.96. The molecule has 0 bridgehead atoms. The van der Waals surface area contributed by atoms with Crippen LogP contribution in [0, 0.1) is 0 Å². The van der Waals surface area contributed by atoms with Crippen LogP contribution in [0.1, 0.15) is 22.8 Å². The van der Waals surface area contributed by atoms with Crippen LogP contribution in [0.4, 0.5) is 0 Å². The van der Waals surface area contributed by atoms with E-state index in [2.05, 4.69) is 0 Å². The Labute approximate surface area is 117 Å². The Balaban J connectivity index is 2.11. The van der Waals surface area contributed by atoms with E-state index in [1.807, 2.05) is 24.3 Å². The van der Waals surface area contributed by atoms with Crippen molar-refractivity contribution in [2.45, 2.75) is 13.5 Å². The number of methoxy groups -OCH3 is 1. The summed E-state index contributed by atoms with van der Waals surface area (Å²) in [6, 6.07) is 12.2. The van der Waals surface area contributed by atoms with Gasteiger partial charge in [-0.1, -0.05) is 18.2 Å². The van der Waals surface area contributed by atoms with Crippen LogP contribution in [0.3, 0.4) is 0 Å². The lowest BCUT2D eigenvalue weighted by Crippen LogP contribution is -1.99. The molecule has 0 saturated carbocycles. The number of benzene rings is 2. The Kier molecular flexibility index (Phi) is 4.25. The second kappa shape index (κ2) is 6.10. The summed E-state index contributed by atoms with van der Waals surface area (Å²) in [5.74, 6) is 0.990. The maximum Gasteiger partial charge on any atom is 0.163 e. The molecule has 0 radical (unpaired) electrons. The molecule has 0 aliphatic rings. The predicted molar refractivity (Wildman–Crippen MR) is 75.4 cm³/mol. The number of Topliss-reactive ketones (excluding diaryl/α,β-unsaturated/α-hetero) is 1. The third kappa shape index (κ3) is 3.09. The number of phenolic OH excluding ortho intramolecular Hbond substituents is 1. The van der Waals surface area contributed by atoms with Crippen molar-refractivity contribution >= 4 is 5.78 Å². The molecule has 4 nitrogen and oxygen atoms in total. The number of ether oxygens (including phenoxy) is 2. The van der Waals surface area contributed by atoms with Gasteiger partial charge in [-0.25, -0.2) is 0 Å². The van der Waals surface area contributed by atoms with Crippen LogP contribution >= 0.6 is 0 Å². The number of hydrogen-bond acceptors (Lipinski definition) is 4. The molecule has 0 unspecified atom stereocenters. The number of phenols is 1. The van der Waals surface area contributed by atoms with Crippen molar-refractivity contribution in [3.8, 4) is 17.2 Å². The van der Waals surface area contributed by atoms with Crippen molar-refractivity contribution in [1.29, 1.82) is 0 Å². The summed E-state index contributed by atoms with van der Waals surface area (Å²) in [5.41, 5.74) is 1.19. The number of aromatic hydroxyl groups is 1. The van der Waals surface area contributed by atoms with E-state index in [0.29, 0.717) is 12.4 Å². The lowest BCUT2D eigenvalue weighted by molar-refractivity contribution is 0.101. The minimum atomic E-state index is -0.182. The summed E-state index contributed by atoms with van der Waals surface area (Å²) in [6.07, 6.45) is 0. The number of carbonyl (C=O) groups is 1. The third-order valence-electron chi connectivity index (χ3n) is 2.94. The molecular weight excluding hydrogens is 256 g/mol. The Hall–Kier alpha value is -2.49. The van der Waals surface area contributed by atoms with E-state index in [1.54, 1.807) is 19.2 Å². The van der Waals surface area contributed by atoms with Crippen LogP contribution < -0.4 is 9.47 Å². The van der Waals surface area contributed by atoms with Crippen LogP contribution in [0.5, 0.6) is 17.2 Å². The van der Waals surface area contributed by atoms with Gasteiger partial charge in [-0.3, -0.25) is 4.79 Å². The lowest BCUT2D eigenvalue weighted by atomic mass is 10.1. The summed E-state index contributed by atoms with van der Waals surface area (Å²) >= 11 is 0. The normalized spacial score (nSPS) is 10.1. The quantitative estimate of drug-likeness (QED) is 0.849. The van der Waals surface area contributed by atoms with Gasteiger partial charge in [-0.15, -0.1) is 0 Å². The van der Waals surface area contributed by atoms with Crippen molar-refractivity contribution in [2.24, 2.45) is 0 Å². The lowest BCUT2D eigenvalue weighted by Gasteiger charge is -2.11. The zero-order chi connectivity index (χ0) is 14.5. The molecule has 4 heteroatoms. The average Bonchev–Trinajstić information content (AvgIpc) is 2.45. The predicted octanol–water partition coefficient (Wildman–Crippen LogP) is 3.18. The van der Waals surface area contributed by atoms with Crippen molar-refractivity contribution in [3.05, 3.63) is 53.6 Å².